The summed E-state index contributed by atoms with van der Waals surface area (Å²) in [6.45, 7) is 13.1. The number of hydrogen-bond acceptors (Lipinski definition) is 0. The minimum atomic E-state index is 0. The Morgan fingerprint density at radius 3 is 1.25 bits per heavy atom. The Kier molecular flexibility index (Phi) is 21.3. The second-order valence-corrected chi connectivity index (χ2v) is 6.85. The molecule has 3 rings (SSSR count). The van der Waals surface area contributed by atoms with Crippen molar-refractivity contribution in [3.63, 3.8) is 0 Å². The summed E-state index contributed by atoms with van der Waals surface area (Å²) in [6.07, 6.45) is 4.97. The molecule has 0 saturated heterocycles. The maximum Gasteiger partial charge on any atom is 2.00 e. The second-order valence-electron chi connectivity index (χ2n) is 6.85. The van der Waals surface area contributed by atoms with Crippen LogP contribution in [0.25, 0.3) is 0 Å². The maximum absolute atomic E-state index is 2.24. The summed E-state index contributed by atoms with van der Waals surface area (Å²) < 4.78 is 0. The first-order chi connectivity index (χ1) is 12.0. The van der Waals surface area contributed by atoms with E-state index in [1.165, 1.54) is 59.1 Å². The molecule has 0 aliphatic carbocycles. The van der Waals surface area contributed by atoms with Crippen molar-refractivity contribution in [3.8, 4) is 0 Å². The van der Waals surface area contributed by atoms with Gasteiger partial charge in [-0.1, -0.05) is 67.2 Å². The zero-order valence-electron chi connectivity index (χ0n) is 18.3. The first-order valence-electron chi connectivity index (χ1n) is 9.60. The van der Waals surface area contributed by atoms with Gasteiger partial charge in [0.15, 0.2) is 0 Å². The van der Waals surface area contributed by atoms with Gasteiger partial charge in [0.2, 0.25) is 0 Å². The van der Waals surface area contributed by atoms with Gasteiger partial charge in [0.25, 0.3) is 0 Å². The fourth-order valence-electron chi connectivity index (χ4n) is 2.87. The van der Waals surface area contributed by atoms with Crippen molar-refractivity contribution >= 4 is 0 Å². The van der Waals surface area contributed by atoms with Crippen LogP contribution in [-0.4, -0.2) is 0 Å². The Morgan fingerprint density at radius 2 is 1.07 bits per heavy atom. The Hall–Kier alpha value is -0.487. The molecule has 0 aromatic heterocycles. The maximum atomic E-state index is 2.24. The Labute approximate surface area is 205 Å². The summed E-state index contributed by atoms with van der Waals surface area (Å²) in [5, 5.41) is 0. The van der Waals surface area contributed by atoms with Gasteiger partial charge in [0.05, 0.1) is 0 Å². The fraction of sp³-hybridized carbons (Fsp3) is 0.400. The van der Waals surface area contributed by atoms with Crippen molar-refractivity contribution in [2.75, 3.05) is 0 Å². The molecule has 0 amide bonds. The quantitative estimate of drug-likeness (QED) is 0.478. The number of halogens is 2. The van der Waals surface area contributed by atoms with Crippen LogP contribution in [0.4, 0.5) is 0 Å². The molecule has 0 nitrogen and oxygen atoms in total. The summed E-state index contributed by atoms with van der Waals surface area (Å²) in [6, 6.07) is 19.3. The van der Waals surface area contributed by atoms with E-state index in [0.29, 0.717) is 0 Å². The summed E-state index contributed by atoms with van der Waals surface area (Å²) >= 11 is 0. The number of hydrogen-bond donors (Lipinski definition) is 0. The van der Waals surface area contributed by atoms with Crippen LogP contribution < -0.4 is 24.8 Å². The molecule has 0 radical (unpaired) electrons. The minimum Gasteiger partial charge on any atom is -1.00 e. The van der Waals surface area contributed by atoms with Crippen molar-refractivity contribution < 1.29 is 51.0 Å². The van der Waals surface area contributed by atoms with Crippen LogP contribution >= 0.6 is 0 Å². The molecule has 0 saturated carbocycles. The molecular weight excluding hydrogens is 462 g/mol. The van der Waals surface area contributed by atoms with E-state index in [0.717, 1.165) is 0 Å². The van der Waals surface area contributed by atoms with Crippen LogP contribution in [0.15, 0.2) is 54.6 Å². The van der Waals surface area contributed by atoms with Crippen molar-refractivity contribution in [1.29, 1.82) is 0 Å². The topological polar surface area (TPSA) is 0 Å². The van der Waals surface area contributed by atoms with E-state index in [1.807, 2.05) is 0 Å². The van der Waals surface area contributed by atoms with Crippen LogP contribution in [0, 0.1) is 27.7 Å². The molecule has 0 heterocycles. The molecule has 0 aliphatic heterocycles. The summed E-state index contributed by atoms with van der Waals surface area (Å²) in [5.74, 6) is 0. The van der Waals surface area contributed by atoms with E-state index >= 15 is 0 Å². The molecule has 3 heteroatoms. The predicted molar refractivity (Wildman–Crippen MR) is 113 cm³/mol. The smallest absolute Gasteiger partial charge is 1.00 e. The molecule has 0 N–H and O–H groups in total. The van der Waals surface area contributed by atoms with E-state index in [2.05, 4.69) is 96.1 Å². The zero-order valence-corrected chi connectivity index (χ0v) is 22.3. The minimum absolute atomic E-state index is 0. The molecule has 156 valence electrons. The Bertz CT molecular complexity index is 618. The molecule has 0 bridgehead atoms. The van der Waals surface area contributed by atoms with Gasteiger partial charge >= 0.3 is 26.2 Å². The molecule has 3 aromatic rings. The van der Waals surface area contributed by atoms with E-state index in [1.54, 1.807) is 0 Å². The van der Waals surface area contributed by atoms with E-state index in [-0.39, 0.29) is 51.0 Å². The predicted octanol–water partition coefficient (Wildman–Crippen LogP) is 1.36. The number of aryl methyl sites for hydroxylation is 4. The third kappa shape index (κ3) is 12.2. The third-order valence-corrected chi connectivity index (χ3v) is 4.72. The molecular formula is C25H35Cl2Zr-3. The molecule has 3 aromatic carbocycles. The first kappa shape index (κ1) is 32.2. The van der Waals surface area contributed by atoms with E-state index < -0.39 is 0 Å². The third-order valence-electron chi connectivity index (χ3n) is 4.72. The SMILES string of the molecule is CCC[c-]1cccc1.CCC[c-]1cccc1.Cc1c[c-](C)c(C)c1C.[Cl-].[Cl-].[Zr+2]. The monoisotopic (exact) mass is 495 g/mol. The average Bonchev–Trinajstić information content (AvgIpc) is 3.32. The van der Waals surface area contributed by atoms with Crippen molar-refractivity contribution in [3.05, 3.63) is 88.0 Å². The van der Waals surface area contributed by atoms with Gasteiger partial charge in [-0.25, -0.2) is 24.3 Å². The summed E-state index contributed by atoms with van der Waals surface area (Å²) in [4.78, 5) is 0. The Balaban J connectivity index is -0.000000318. The van der Waals surface area contributed by atoms with Crippen LogP contribution in [0.2, 0.25) is 0 Å². The Morgan fingerprint density at radius 1 is 0.714 bits per heavy atom. The zero-order chi connectivity index (χ0) is 18.7. The van der Waals surface area contributed by atoms with Crippen LogP contribution in [0.1, 0.15) is 60.1 Å². The van der Waals surface area contributed by atoms with Gasteiger partial charge in [-0.3, -0.25) is 0 Å². The fourth-order valence-corrected chi connectivity index (χ4v) is 2.87. The van der Waals surface area contributed by atoms with E-state index in [9.17, 15) is 0 Å². The van der Waals surface area contributed by atoms with Crippen LogP contribution in [0.3, 0.4) is 0 Å². The molecule has 0 spiro atoms. The molecule has 0 unspecified atom stereocenters. The van der Waals surface area contributed by atoms with Crippen molar-refractivity contribution in [1.82, 2.24) is 0 Å². The average molecular weight is 498 g/mol. The van der Waals surface area contributed by atoms with Crippen molar-refractivity contribution in [2.45, 2.75) is 67.2 Å². The summed E-state index contributed by atoms with van der Waals surface area (Å²) in [5.41, 5.74) is 8.68. The second kappa shape index (κ2) is 18.5. The number of rotatable bonds is 4. The first-order valence-corrected chi connectivity index (χ1v) is 9.60. The molecule has 0 aliphatic rings. The van der Waals surface area contributed by atoms with Gasteiger partial charge < -0.3 is 24.8 Å². The van der Waals surface area contributed by atoms with Gasteiger partial charge in [-0.05, 0) is 0 Å². The van der Waals surface area contributed by atoms with Crippen molar-refractivity contribution in [2.24, 2.45) is 0 Å². The van der Waals surface area contributed by atoms with Crippen LogP contribution in [0.5, 0.6) is 0 Å². The molecule has 0 fully saturated rings. The van der Waals surface area contributed by atoms with Gasteiger partial charge in [0.1, 0.15) is 0 Å². The largest absolute Gasteiger partial charge is 2.00 e. The van der Waals surface area contributed by atoms with Gasteiger partial charge in [-0.15, -0.1) is 0 Å². The van der Waals surface area contributed by atoms with Crippen LogP contribution in [-0.2, 0) is 39.0 Å². The van der Waals surface area contributed by atoms with Gasteiger partial charge in [-0.2, -0.15) is 63.7 Å². The normalized spacial score (nSPS) is 8.79. The summed E-state index contributed by atoms with van der Waals surface area (Å²) in [7, 11) is 0. The standard InChI is InChI=1S/C9H13.2C8H11.2ClH.Zr/c1-6-5-7(2)9(4)8(6)3;2*1-2-5-8-6-3-4-7-8;;;/h5H,1-4H3;2*3-4,6-7H,2,5H2,1H3;2*1H;/q3*-1;;;+2/p-2. The van der Waals surface area contributed by atoms with E-state index in [4.69, 9.17) is 0 Å². The molecule has 0 atom stereocenters. The molecule has 28 heavy (non-hydrogen) atoms. The van der Waals surface area contributed by atoms with Gasteiger partial charge in [0, 0.05) is 0 Å².